The number of halogens is 4. The average Bonchev–Trinajstić information content (AvgIpc) is 3.38. The number of hydrogen-bond acceptors (Lipinski definition) is 7. The highest BCUT2D eigenvalue weighted by Crippen LogP contribution is 2.46. The van der Waals surface area contributed by atoms with Crippen LogP contribution in [0.25, 0.3) is 27.7 Å². The molecular weight excluding hydrogens is 480 g/mol. The van der Waals surface area contributed by atoms with E-state index in [4.69, 9.17) is 4.74 Å². The van der Waals surface area contributed by atoms with Crippen LogP contribution in [0.1, 0.15) is 25.3 Å². The number of nitrogens with zero attached hydrogens (tertiary/aromatic N) is 7. The molecule has 6 rings (SSSR count). The zero-order valence-electron chi connectivity index (χ0n) is 19.6. The van der Waals surface area contributed by atoms with Crippen LogP contribution < -0.4 is 10.1 Å². The second-order valence-electron chi connectivity index (χ2n) is 9.56. The third kappa shape index (κ3) is 3.81. The monoisotopic (exact) mass is 504 g/mol. The molecule has 1 aromatic carbocycles. The van der Waals surface area contributed by atoms with E-state index >= 15 is 4.39 Å². The largest absolute Gasteiger partial charge is 0.479 e. The summed E-state index contributed by atoms with van der Waals surface area (Å²) in [5.41, 5.74) is 2.00. The van der Waals surface area contributed by atoms with E-state index < -0.39 is 30.0 Å². The number of nitrogens with one attached hydrogen (secondary N) is 1. The fourth-order valence-electron chi connectivity index (χ4n) is 5.05. The lowest BCUT2D eigenvalue weighted by Gasteiger charge is -2.34. The van der Waals surface area contributed by atoms with Crippen molar-refractivity contribution >= 4 is 22.5 Å². The zero-order valence-corrected chi connectivity index (χ0v) is 19.6. The molecule has 3 aromatic heterocycles. The van der Waals surface area contributed by atoms with E-state index in [0.29, 0.717) is 29.6 Å². The first kappa shape index (κ1) is 23.0. The van der Waals surface area contributed by atoms with Gasteiger partial charge in [0, 0.05) is 25.9 Å². The van der Waals surface area contributed by atoms with Crippen molar-refractivity contribution in [3.63, 3.8) is 0 Å². The molecule has 2 atom stereocenters. The number of fused-ring (bicyclic) bond motifs is 2. The molecule has 1 aliphatic carbocycles. The topological polar surface area (TPSA) is 85.4 Å². The maximum absolute atomic E-state index is 15.3. The van der Waals surface area contributed by atoms with Crippen LogP contribution in [0.2, 0.25) is 0 Å². The Bertz CT molecular complexity index is 1450. The van der Waals surface area contributed by atoms with Crippen molar-refractivity contribution in [1.29, 1.82) is 0 Å². The predicted molar refractivity (Wildman–Crippen MR) is 124 cm³/mol. The van der Waals surface area contributed by atoms with Gasteiger partial charge in [0.05, 0.1) is 36.5 Å². The van der Waals surface area contributed by atoms with Crippen LogP contribution >= 0.6 is 0 Å². The molecule has 36 heavy (non-hydrogen) atoms. The van der Waals surface area contributed by atoms with Crippen LogP contribution in [0.5, 0.6) is 5.88 Å². The van der Waals surface area contributed by atoms with Gasteiger partial charge < -0.3 is 15.0 Å². The lowest BCUT2D eigenvalue weighted by molar-refractivity contribution is -0.106. The van der Waals surface area contributed by atoms with Gasteiger partial charge in [-0.3, -0.25) is 0 Å². The summed E-state index contributed by atoms with van der Waals surface area (Å²) in [5, 5.41) is 15.5. The number of ether oxygens (including phenoxy) is 1. The molecule has 0 unspecified atom stereocenters. The Morgan fingerprint density at radius 2 is 2.03 bits per heavy atom. The quantitative estimate of drug-likeness (QED) is 0.415. The molecule has 2 aliphatic rings. The van der Waals surface area contributed by atoms with E-state index in [2.05, 4.69) is 25.7 Å². The van der Waals surface area contributed by atoms with Gasteiger partial charge in [-0.05, 0) is 31.2 Å². The predicted octanol–water partition coefficient (Wildman–Crippen LogP) is 3.71. The summed E-state index contributed by atoms with van der Waals surface area (Å²) >= 11 is 0. The van der Waals surface area contributed by atoms with E-state index in [-0.39, 0.29) is 35.8 Å². The van der Waals surface area contributed by atoms with Gasteiger partial charge >= 0.3 is 0 Å². The van der Waals surface area contributed by atoms with Crippen LogP contribution in [-0.4, -0.2) is 79.9 Å². The van der Waals surface area contributed by atoms with Crippen molar-refractivity contribution < 1.29 is 22.3 Å². The molecule has 4 aromatic rings. The summed E-state index contributed by atoms with van der Waals surface area (Å²) in [5.74, 6) is -3.05. The smallest absolute Gasteiger partial charge is 0.252 e. The van der Waals surface area contributed by atoms with Gasteiger partial charge in [-0.25, -0.2) is 26.8 Å². The Balaban J connectivity index is 1.38. The van der Waals surface area contributed by atoms with Gasteiger partial charge in [-0.2, -0.15) is 4.98 Å². The highest BCUT2D eigenvalue weighted by molar-refractivity contribution is 5.89. The normalized spacial score (nSPS) is 22.7. The molecule has 1 saturated carbocycles. The Kier molecular flexibility index (Phi) is 5.28. The third-order valence-electron chi connectivity index (χ3n) is 6.98. The highest BCUT2D eigenvalue weighted by Gasteiger charge is 2.47. The van der Waals surface area contributed by atoms with Crippen LogP contribution in [0, 0.1) is 5.82 Å². The minimum Gasteiger partial charge on any atom is -0.479 e. The van der Waals surface area contributed by atoms with Crippen molar-refractivity contribution in [2.75, 3.05) is 32.6 Å². The average molecular weight is 504 g/mol. The molecule has 0 amide bonds. The fourth-order valence-corrected chi connectivity index (χ4v) is 5.05. The van der Waals surface area contributed by atoms with Crippen molar-refractivity contribution in [2.45, 2.75) is 43.4 Å². The summed E-state index contributed by atoms with van der Waals surface area (Å²) in [7, 11) is 3.27. The highest BCUT2D eigenvalue weighted by atomic mass is 19.3. The molecule has 9 nitrogen and oxygen atoms in total. The molecule has 1 aliphatic heterocycles. The van der Waals surface area contributed by atoms with Crippen molar-refractivity contribution in [3.05, 3.63) is 30.2 Å². The van der Waals surface area contributed by atoms with E-state index in [1.807, 2.05) is 11.9 Å². The van der Waals surface area contributed by atoms with Gasteiger partial charge in [0.2, 0.25) is 11.8 Å². The van der Waals surface area contributed by atoms with E-state index in [0.717, 1.165) is 6.54 Å². The maximum atomic E-state index is 15.3. The van der Waals surface area contributed by atoms with Crippen molar-refractivity contribution in [1.82, 2.24) is 34.5 Å². The number of methoxy groups -OCH3 is 1. The molecule has 190 valence electrons. The van der Waals surface area contributed by atoms with Gasteiger partial charge in [-0.1, -0.05) is 11.3 Å². The zero-order chi connectivity index (χ0) is 25.2. The van der Waals surface area contributed by atoms with Gasteiger partial charge in [0.1, 0.15) is 17.2 Å². The second-order valence-corrected chi connectivity index (χ2v) is 9.56. The van der Waals surface area contributed by atoms with E-state index in [9.17, 15) is 13.2 Å². The standard InChI is InChI=1S/C23H24F4N8O/c1-33-6-5-16(14(24)10-33)28-22-29-21(36-2)20-19(15(25)11-34(20)31-22)12-3-4-17-18(7-12)35(32-30-17)13-8-23(26,27)9-13/h3-4,7,11,13-14,16H,5-6,8-10H2,1-2H3,(H,28,31)/t14-,16+/m1/s1. The number of piperidine rings is 1. The summed E-state index contributed by atoms with van der Waals surface area (Å²) in [6.07, 6.45) is 0.0445. The molecular formula is C23H24F4N8O. The minimum atomic E-state index is -2.71. The summed E-state index contributed by atoms with van der Waals surface area (Å²) in [6, 6.07) is 4.06. The molecule has 0 radical (unpaired) electrons. The summed E-state index contributed by atoms with van der Waals surface area (Å²) in [4.78, 5) is 6.29. The van der Waals surface area contributed by atoms with Gasteiger partial charge in [-0.15, -0.1) is 10.2 Å². The minimum absolute atomic E-state index is 0.111. The van der Waals surface area contributed by atoms with Crippen LogP contribution in [0.15, 0.2) is 24.4 Å². The lowest BCUT2D eigenvalue weighted by Crippen LogP contribution is -2.46. The van der Waals surface area contributed by atoms with Crippen molar-refractivity contribution in [3.8, 4) is 17.0 Å². The number of hydrogen-bond donors (Lipinski definition) is 1. The Morgan fingerprint density at radius 3 is 2.75 bits per heavy atom. The number of alkyl halides is 3. The van der Waals surface area contributed by atoms with E-state index in [1.54, 1.807) is 18.2 Å². The maximum Gasteiger partial charge on any atom is 0.252 e. The molecule has 13 heteroatoms. The Morgan fingerprint density at radius 1 is 1.22 bits per heavy atom. The molecule has 0 bridgehead atoms. The van der Waals surface area contributed by atoms with E-state index in [1.165, 1.54) is 22.5 Å². The lowest BCUT2D eigenvalue weighted by atomic mass is 9.88. The van der Waals surface area contributed by atoms with Crippen LogP contribution in [0.3, 0.4) is 0 Å². The van der Waals surface area contributed by atoms with Crippen LogP contribution in [0.4, 0.5) is 23.5 Å². The third-order valence-corrected chi connectivity index (χ3v) is 6.98. The first-order valence-corrected chi connectivity index (χ1v) is 11.7. The second kappa shape index (κ2) is 8.29. The fraction of sp³-hybridized carbons (Fsp3) is 0.478. The molecule has 1 N–H and O–H groups in total. The van der Waals surface area contributed by atoms with Crippen molar-refractivity contribution in [2.24, 2.45) is 0 Å². The number of benzene rings is 1. The first-order valence-electron chi connectivity index (χ1n) is 11.7. The first-order chi connectivity index (χ1) is 17.2. The number of likely N-dealkylation sites (tertiary alicyclic amines) is 1. The molecule has 2 fully saturated rings. The van der Waals surface area contributed by atoms with Gasteiger partial charge in [0.15, 0.2) is 5.82 Å². The number of rotatable bonds is 5. The number of anilines is 1. The SMILES string of the molecule is COc1nc(N[C@H]2CCN(C)C[C@H]2F)nn2cc(F)c(-c3ccc4nnn(C5CC(F)(F)C5)c4c3)c12. The summed E-state index contributed by atoms with van der Waals surface area (Å²) < 4.78 is 65.0. The number of aromatic nitrogens is 6. The molecule has 0 spiro atoms. The van der Waals surface area contributed by atoms with Gasteiger partial charge in [0.25, 0.3) is 5.92 Å². The Hall–Kier alpha value is -3.48. The molecule has 4 heterocycles. The molecule has 1 saturated heterocycles. The summed E-state index contributed by atoms with van der Waals surface area (Å²) in [6.45, 7) is 1.03. The van der Waals surface area contributed by atoms with Crippen LogP contribution in [-0.2, 0) is 0 Å². The Labute approximate surface area is 203 Å².